The molecule has 0 bridgehead atoms. The summed E-state index contributed by atoms with van der Waals surface area (Å²) in [6.07, 6.45) is 0. The molecule has 8 nitrogen and oxygen atoms in total. The Kier molecular flexibility index (Phi) is 5.72. The summed E-state index contributed by atoms with van der Waals surface area (Å²) in [5.41, 5.74) is 1.80. The van der Waals surface area contributed by atoms with Gasteiger partial charge in [0.25, 0.3) is 5.91 Å². The molecular formula is C17H23N3O5S. The van der Waals surface area contributed by atoms with E-state index in [0.29, 0.717) is 18.0 Å². The summed E-state index contributed by atoms with van der Waals surface area (Å²) in [6.45, 7) is 3.89. The maximum Gasteiger partial charge on any atom is 0.253 e. The maximum absolute atomic E-state index is 12.8. The largest absolute Gasteiger partial charge is 0.495 e. The molecule has 0 fully saturated rings. The minimum absolute atomic E-state index is 0.0541. The zero-order chi connectivity index (χ0) is 19.6. The van der Waals surface area contributed by atoms with Gasteiger partial charge in [0, 0.05) is 32.3 Å². The third-order valence-electron chi connectivity index (χ3n) is 4.09. The van der Waals surface area contributed by atoms with E-state index in [2.05, 4.69) is 5.16 Å². The number of aromatic nitrogens is 1. The summed E-state index contributed by atoms with van der Waals surface area (Å²) in [4.78, 5) is 14.2. The molecule has 26 heavy (non-hydrogen) atoms. The number of hydrogen-bond donors (Lipinski definition) is 0. The molecule has 142 valence electrons. The number of carbonyl (C=O) groups excluding carboxylic acids is 1. The van der Waals surface area contributed by atoms with Gasteiger partial charge >= 0.3 is 0 Å². The first kappa shape index (κ1) is 19.9. The molecule has 0 saturated heterocycles. The highest BCUT2D eigenvalue weighted by molar-refractivity contribution is 7.89. The fraction of sp³-hybridized carbons (Fsp3) is 0.412. The molecule has 0 aliphatic heterocycles. The van der Waals surface area contributed by atoms with Crippen LogP contribution in [0.4, 0.5) is 0 Å². The molecule has 0 unspecified atom stereocenters. The number of methoxy groups -OCH3 is 1. The van der Waals surface area contributed by atoms with Crippen molar-refractivity contribution in [2.45, 2.75) is 25.3 Å². The van der Waals surface area contributed by atoms with E-state index in [-0.39, 0.29) is 22.1 Å². The topological polar surface area (TPSA) is 93.0 Å². The van der Waals surface area contributed by atoms with Crippen LogP contribution in [-0.4, -0.2) is 56.9 Å². The molecule has 0 N–H and O–H groups in total. The van der Waals surface area contributed by atoms with Gasteiger partial charge in [-0.2, -0.15) is 0 Å². The number of aryl methyl sites for hydroxylation is 2. The van der Waals surface area contributed by atoms with Gasteiger partial charge in [0.1, 0.15) is 16.4 Å². The molecule has 2 rings (SSSR count). The molecule has 0 aliphatic carbocycles. The molecule has 1 amide bonds. The second-order valence-electron chi connectivity index (χ2n) is 6.12. The molecule has 0 radical (unpaired) electrons. The van der Waals surface area contributed by atoms with E-state index in [9.17, 15) is 13.2 Å². The first-order valence-electron chi connectivity index (χ1n) is 7.87. The minimum Gasteiger partial charge on any atom is -0.495 e. The van der Waals surface area contributed by atoms with Crippen LogP contribution in [0.25, 0.3) is 0 Å². The van der Waals surface area contributed by atoms with Gasteiger partial charge in [0.2, 0.25) is 10.0 Å². The van der Waals surface area contributed by atoms with E-state index >= 15 is 0 Å². The number of nitrogens with zero attached hydrogens (tertiary/aromatic N) is 3. The van der Waals surface area contributed by atoms with Crippen molar-refractivity contribution >= 4 is 15.9 Å². The third kappa shape index (κ3) is 3.73. The van der Waals surface area contributed by atoms with Crippen molar-refractivity contribution < 1.29 is 22.5 Å². The van der Waals surface area contributed by atoms with Crippen molar-refractivity contribution in [1.29, 1.82) is 0 Å². The lowest BCUT2D eigenvalue weighted by Gasteiger charge is -2.19. The molecule has 0 saturated carbocycles. The zero-order valence-corrected chi connectivity index (χ0v) is 16.5. The van der Waals surface area contributed by atoms with Crippen LogP contribution in [0.1, 0.15) is 27.4 Å². The summed E-state index contributed by atoms with van der Waals surface area (Å²) < 4.78 is 36.3. The van der Waals surface area contributed by atoms with E-state index in [4.69, 9.17) is 9.26 Å². The van der Waals surface area contributed by atoms with E-state index in [1.807, 2.05) is 0 Å². The summed E-state index contributed by atoms with van der Waals surface area (Å²) in [6, 6.07) is 4.35. The summed E-state index contributed by atoms with van der Waals surface area (Å²) in [5.74, 6) is 0.513. The molecule has 0 spiro atoms. The van der Waals surface area contributed by atoms with Crippen molar-refractivity contribution in [2.24, 2.45) is 0 Å². The van der Waals surface area contributed by atoms with E-state index in [1.165, 1.54) is 38.2 Å². The summed E-state index contributed by atoms with van der Waals surface area (Å²) in [7, 11) is 2.12. The molecule has 2 aromatic rings. The molecular weight excluding hydrogens is 358 g/mol. The van der Waals surface area contributed by atoms with E-state index in [0.717, 1.165) is 9.87 Å². The smallest absolute Gasteiger partial charge is 0.253 e. The van der Waals surface area contributed by atoms with Crippen molar-refractivity contribution in [1.82, 2.24) is 14.4 Å². The summed E-state index contributed by atoms with van der Waals surface area (Å²) >= 11 is 0. The van der Waals surface area contributed by atoms with Gasteiger partial charge in [-0.3, -0.25) is 4.79 Å². The Labute approximate surface area is 153 Å². The minimum atomic E-state index is -3.75. The lowest BCUT2D eigenvalue weighted by molar-refractivity contribution is 0.0784. The number of hydrogen-bond acceptors (Lipinski definition) is 6. The van der Waals surface area contributed by atoms with Crippen LogP contribution < -0.4 is 4.74 Å². The SMILES string of the molecule is COc1ccc(C(=O)N(C)Cc2c(C)noc2C)cc1S(=O)(=O)N(C)C. The molecule has 1 aromatic carbocycles. The maximum atomic E-state index is 12.8. The van der Waals surface area contributed by atoms with Crippen molar-refractivity contribution in [3.63, 3.8) is 0 Å². The van der Waals surface area contributed by atoms with Crippen LogP contribution >= 0.6 is 0 Å². The third-order valence-corrected chi connectivity index (χ3v) is 5.93. The van der Waals surface area contributed by atoms with Crippen molar-refractivity contribution in [3.8, 4) is 5.75 Å². The highest BCUT2D eigenvalue weighted by Crippen LogP contribution is 2.27. The Morgan fingerprint density at radius 2 is 1.88 bits per heavy atom. The van der Waals surface area contributed by atoms with E-state index in [1.54, 1.807) is 27.0 Å². The molecule has 0 aliphatic rings. The predicted octanol–water partition coefficient (Wildman–Crippen LogP) is 1.82. The van der Waals surface area contributed by atoms with Gasteiger partial charge in [-0.25, -0.2) is 12.7 Å². The number of benzene rings is 1. The molecule has 1 aromatic heterocycles. The number of ether oxygens (including phenoxy) is 1. The Morgan fingerprint density at radius 3 is 2.38 bits per heavy atom. The zero-order valence-electron chi connectivity index (χ0n) is 15.7. The Balaban J connectivity index is 2.38. The van der Waals surface area contributed by atoms with Crippen molar-refractivity contribution in [3.05, 3.63) is 40.8 Å². The van der Waals surface area contributed by atoms with Crippen molar-refractivity contribution in [2.75, 3.05) is 28.3 Å². The average Bonchev–Trinajstić information content (AvgIpc) is 2.92. The number of rotatable bonds is 6. The highest BCUT2D eigenvalue weighted by atomic mass is 32.2. The monoisotopic (exact) mass is 381 g/mol. The number of sulfonamides is 1. The van der Waals surface area contributed by atoms with Gasteiger partial charge in [0.05, 0.1) is 19.3 Å². The van der Waals surface area contributed by atoms with Crippen LogP contribution in [0.2, 0.25) is 0 Å². The lowest BCUT2D eigenvalue weighted by atomic mass is 10.1. The Bertz CT molecular complexity index is 899. The number of carbonyl (C=O) groups is 1. The Morgan fingerprint density at radius 1 is 1.23 bits per heavy atom. The van der Waals surface area contributed by atoms with E-state index < -0.39 is 10.0 Å². The fourth-order valence-corrected chi connectivity index (χ4v) is 3.54. The normalized spacial score (nSPS) is 11.7. The van der Waals surface area contributed by atoms with Crippen LogP contribution in [0.3, 0.4) is 0 Å². The highest BCUT2D eigenvalue weighted by Gasteiger charge is 2.25. The lowest BCUT2D eigenvalue weighted by Crippen LogP contribution is -2.27. The summed E-state index contributed by atoms with van der Waals surface area (Å²) in [5, 5.41) is 3.88. The average molecular weight is 381 g/mol. The molecule has 9 heteroatoms. The standard InChI is InChI=1S/C17H23N3O5S/c1-11-14(12(2)25-18-11)10-20(5)17(21)13-7-8-15(24-6)16(9-13)26(22,23)19(3)4/h7-9H,10H2,1-6H3. The second-order valence-corrected chi connectivity index (χ2v) is 8.24. The van der Waals surface area contributed by atoms with Crippen LogP contribution in [0.15, 0.2) is 27.6 Å². The van der Waals surface area contributed by atoms with Gasteiger partial charge in [0.15, 0.2) is 0 Å². The predicted molar refractivity (Wildman–Crippen MR) is 95.6 cm³/mol. The van der Waals surface area contributed by atoms with Crippen LogP contribution in [-0.2, 0) is 16.6 Å². The quantitative estimate of drug-likeness (QED) is 0.758. The Hall–Kier alpha value is -2.39. The molecule has 1 heterocycles. The van der Waals surface area contributed by atoms with Gasteiger partial charge in [-0.15, -0.1) is 0 Å². The second kappa shape index (κ2) is 7.46. The number of amides is 1. The first-order valence-corrected chi connectivity index (χ1v) is 9.31. The molecule has 0 atom stereocenters. The first-order chi connectivity index (χ1) is 12.1. The van der Waals surface area contributed by atoms with Crippen LogP contribution in [0, 0.1) is 13.8 Å². The van der Waals surface area contributed by atoms with Gasteiger partial charge < -0.3 is 14.2 Å². The van der Waals surface area contributed by atoms with Gasteiger partial charge in [-0.1, -0.05) is 5.16 Å². The van der Waals surface area contributed by atoms with Gasteiger partial charge in [-0.05, 0) is 32.0 Å². The fourth-order valence-electron chi connectivity index (χ4n) is 2.46. The van der Waals surface area contributed by atoms with Crippen LogP contribution in [0.5, 0.6) is 5.75 Å².